The van der Waals surface area contributed by atoms with E-state index in [4.69, 9.17) is 11.6 Å². The van der Waals surface area contributed by atoms with Crippen molar-refractivity contribution in [3.05, 3.63) is 88.6 Å². The van der Waals surface area contributed by atoms with Gasteiger partial charge in [-0.25, -0.2) is 22.5 Å². The number of anilines is 2. The van der Waals surface area contributed by atoms with E-state index < -0.39 is 84.5 Å². The van der Waals surface area contributed by atoms with Crippen LogP contribution in [-0.2, 0) is 14.4 Å². The Bertz CT molecular complexity index is 1620. The second-order valence-corrected chi connectivity index (χ2v) is 10.6. The summed E-state index contributed by atoms with van der Waals surface area (Å²) in [5.41, 5.74) is -0.374. The molecule has 9 nitrogen and oxygen atoms in total. The molecule has 1 saturated carbocycles. The molecule has 1 aromatic heterocycles. The highest BCUT2D eigenvalue weighted by Gasteiger charge is 2.50. The van der Waals surface area contributed by atoms with Gasteiger partial charge in [-0.3, -0.25) is 24.2 Å². The first-order valence-corrected chi connectivity index (χ1v) is 13.4. The number of alkyl halides is 2. The summed E-state index contributed by atoms with van der Waals surface area (Å²) in [6.07, 6.45) is -2.31. The van der Waals surface area contributed by atoms with Crippen LogP contribution in [0.2, 0.25) is 5.02 Å². The first-order valence-electron chi connectivity index (χ1n) is 13.0. The maximum atomic E-state index is 14.6. The van der Waals surface area contributed by atoms with E-state index in [1.54, 1.807) is 0 Å². The third kappa shape index (κ3) is 6.02. The molecule has 222 valence electrons. The summed E-state index contributed by atoms with van der Waals surface area (Å²) in [7, 11) is 0. The van der Waals surface area contributed by atoms with Crippen LogP contribution in [0.15, 0.2) is 60.8 Å². The number of carbonyl (C=O) groups excluding carboxylic acids is 3. The van der Waals surface area contributed by atoms with Crippen molar-refractivity contribution in [2.24, 2.45) is 0 Å². The number of nitriles is 1. The first-order chi connectivity index (χ1) is 20.4. The lowest BCUT2D eigenvalue weighted by Gasteiger charge is -2.39. The maximum absolute atomic E-state index is 14.6. The summed E-state index contributed by atoms with van der Waals surface area (Å²) < 4.78 is 56.3. The van der Waals surface area contributed by atoms with E-state index >= 15 is 0 Å². The maximum Gasteiger partial charge on any atom is 0.257 e. The molecule has 2 N–H and O–H groups in total. The van der Waals surface area contributed by atoms with Crippen molar-refractivity contribution in [1.82, 2.24) is 10.3 Å². The molecule has 2 aromatic carbocycles. The molecule has 3 amide bonds. The number of benzene rings is 2. The van der Waals surface area contributed by atoms with E-state index in [2.05, 4.69) is 10.3 Å². The van der Waals surface area contributed by atoms with Crippen LogP contribution in [0.4, 0.5) is 29.1 Å². The average Bonchev–Trinajstić information content (AvgIpc) is 3.24. The van der Waals surface area contributed by atoms with E-state index in [9.17, 15) is 42.3 Å². The lowest BCUT2D eigenvalue weighted by Crippen LogP contribution is -2.56. The minimum atomic E-state index is -3.00. The zero-order chi connectivity index (χ0) is 31.1. The minimum Gasteiger partial charge on any atom is -0.383 e. The number of nitrogens with one attached hydrogen (secondary N) is 1. The third-order valence-electron chi connectivity index (χ3n) is 7.19. The molecule has 2 fully saturated rings. The fraction of sp³-hybridized carbons (Fsp3) is 0.276. The normalized spacial score (nSPS) is 20.2. The molecule has 5 rings (SSSR count). The Morgan fingerprint density at radius 3 is 2.44 bits per heavy atom. The van der Waals surface area contributed by atoms with Crippen molar-refractivity contribution in [3.8, 4) is 6.07 Å². The molecule has 1 unspecified atom stereocenters. The number of pyridine rings is 1. The highest BCUT2D eigenvalue weighted by atomic mass is 35.5. The molecular formula is C29H22ClF4N5O4. The summed E-state index contributed by atoms with van der Waals surface area (Å²) in [4.78, 5) is 46.9. The van der Waals surface area contributed by atoms with Gasteiger partial charge in [-0.15, -0.1) is 0 Å². The van der Waals surface area contributed by atoms with Gasteiger partial charge in [0, 0.05) is 48.2 Å². The molecule has 1 saturated heterocycles. The highest BCUT2D eigenvalue weighted by molar-refractivity contribution is 6.31. The third-order valence-corrected chi connectivity index (χ3v) is 7.54. The Balaban J connectivity index is 1.65. The fourth-order valence-corrected chi connectivity index (χ4v) is 5.45. The van der Waals surface area contributed by atoms with E-state index in [1.165, 1.54) is 42.6 Å². The molecule has 0 spiro atoms. The predicted molar refractivity (Wildman–Crippen MR) is 145 cm³/mol. The Hall–Kier alpha value is -4.54. The van der Waals surface area contributed by atoms with Crippen molar-refractivity contribution in [3.63, 3.8) is 0 Å². The lowest BCUT2D eigenvalue weighted by atomic mass is 9.87. The van der Waals surface area contributed by atoms with Gasteiger partial charge in [0.2, 0.25) is 5.91 Å². The predicted octanol–water partition coefficient (Wildman–Crippen LogP) is 4.04. The van der Waals surface area contributed by atoms with Gasteiger partial charge in [-0.05, 0) is 30.3 Å². The number of aliphatic hydroxyl groups excluding tert-OH is 1. The summed E-state index contributed by atoms with van der Waals surface area (Å²) in [5, 5.41) is 22.2. The monoisotopic (exact) mass is 615 g/mol. The Morgan fingerprint density at radius 1 is 1.14 bits per heavy atom. The van der Waals surface area contributed by atoms with Crippen LogP contribution in [0, 0.1) is 23.0 Å². The molecule has 2 aliphatic rings. The van der Waals surface area contributed by atoms with Crippen molar-refractivity contribution < 1.29 is 37.1 Å². The smallest absolute Gasteiger partial charge is 0.257 e. The van der Waals surface area contributed by atoms with Gasteiger partial charge >= 0.3 is 0 Å². The Kier molecular flexibility index (Phi) is 8.09. The van der Waals surface area contributed by atoms with Gasteiger partial charge in [0.1, 0.15) is 35.6 Å². The molecule has 14 heteroatoms. The topological polar surface area (TPSA) is 127 Å². The standard InChI is InChI=1S/C29H22ClF4N5O4/c30-21-4-2-1-3-20(21)25(26(41)37-18-12-29(33,34)13-18)38(19-9-16(31)8-17(32)10-19)27(42)22-11-23(40)28(43)39(22)24-7-15(14-35)5-6-36-24/h1-10,18,22-23,25,40H,11-13H2,(H,37,41)/t22-,23-,25?/m0/s1. The zero-order valence-corrected chi connectivity index (χ0v) is 22.8. The number of aromatic nitrogens is 1. The summed E-state index contributed by atoms with van der Waals surface area (Å²) in [6, 6.07) is 8.04. The molecule has 0 radical (unpaired) electrons. The second kappa shape index (κ2) is 11.6. The molecule has 3 atom stereocenters. The average molecular weight is 616 g/mol. The van der Waals surface area contributed by atoms with E-state index in [1.807, 2.05) is 6.07 Å². The number of amides is 3. The molecule has 1 aliphatic heterocycles. The van der Waals surface area contributed by atoms with E-state index in [0.717, 1.165) is 21.9 Å². The number of aliphatic hydroxyl groups is 1. The van der Waals surface area contributed by atoms with E-state index in [-0.39, 0.29) is 22.0 Å². The van der Waals surface area contributed by atoms with Crippen LogP contribution < -0.4 is 15.1 Å². The number of nitrogens with zero attached hydrogens (tertiary/aromatic N) is 4. The molecular weight excluding hydrogens is 594 g/mol. The Labute approximate surface area is 247 Å². The molecule has 3 aromatic rings. The molecule has 2 heterocycles. The lowest BCUT2D eigenvalue weighted by molar-refractivity contribution is -0.133. The van der Waals surface area contributed by atoms with Crippen LogP contribution in [-0.4, -0.2) is 51.9 Å². The van der Waals surface area contributed by atoms with Crippen LogP contribution in [0.1, 0.15) is 36.4 Å². The van der Waals surface area contributed by atoms with E-state index in [0.29, 0.717) is 6.07 Å². The van der Waals surface area contributed by atoms with Gasteiger partial charge in [0.15, 0.2) is 0 Å². The first kappa shape index (κ1) is 29.9. The van der Waals surface area contributed by atoms with Gasteiger partial charge in [0.05, 0.1) is 17.3 Å². The van der Waals surface area contributed by atoms with Crippen molar-refractivity contribution in [2.75, 3.05) is 9.80 Å². The van der Waals surface area contributed by atoms with Crippen molar-refractivity contribution in [1.29, 1.82) is 5.26 Å². The number of rotatable bonds is 7. The summed E-state index contributed by atoms with van der Waals surface area (Å²) >= 11 is 6.42. The summed E-state index contributed by atoms with van der Waals surface area (Å²) in [6.45, 7) is 0. The second-order valence-electron chi connectivity index (χ2n) is 10.2. The summed E-state index contributed by atoms with van der Waals surface area (Å²) in [5.74, 6) is -8.36. The minimum absolute atomic E-state index is 0.00760. The zero-order valence-electron chi connectivity index (χ0n) is 22.1. The highest BCUT2D eigenvalue weighted by Crippen LogP contribution is 2.40. The number of hydrogen-bond donors (Lipinski definition) is 2. The van der Waals surface area contributed by atoms with Crippen LogP contribution in [0.25, 0.3) is 0 Å². The van der Waals surface area contributed by atoms with Gasteiger partial charge in [-0.1, -0.05) is 29.8 Å². The molecule has 43 heavy (non-hydrogen) atoms. The van der Waals surface area contributed by atoms with Crippen LogP contribution >= 0.6 is 11.6 Å². The molecule has 1 aliphatic carbocycles. The van der Waals surface area contributed by atoms with Gasteiger partial charge in [0.25, 0.3) is 17.7 Å². The van der Waals surface area contributed by atoms with Crippen molar-refractivity contribution in [2.45, 2.75) is 49.4 Å². The van der Waals surface area contributed by atoms with Gasteiger partial charge in [-0.2, -0.15) is 5.26 Å². The Morgan fingerprint density at radius 2 is 1.81 bits per heavy atom. The largest absolute Gasteiger partial charge is 0.383 e. The number of halogens is 5. The number of carbonyl (C=O) groups is 3. The van der Waals surface area contributed by atoms with Crippen molar-refractivity contribution >= 4 is 40.8 Å². The van der Waals surface area contributed by atoms with Gasteiger partial charge < -0.3 is 10.4 Å². The van der Waals surface area contributed by atoms with Crippen LogP contribution in [0.5, 0.6) is 0 Å². The fourth-order valence-electron chi connectivity index (χ4n) is 5.22. The molecule has 0 bridgehead atoms. The SMILES string of the molecule is N#Cc1ccnc(N2C(=O)[C@@H](O)C[C@H]2C(=O)N(c2cc(F)cc(F)c2)C(C(=O)NC2CC(F)(F)C2)c2ccccc2Cl)c1. The quantitative estimate of drug-likeness (QED) is 0.387. The number of hydrogen-bond acceptors (Lipinski definition) is 6. The van der Waals surface area contributed by atoms with Crippen LogP contribution in [0.3, 0.4) is 0 Å².